The predicted octanol–water partition coefficient (Wildman–Crippen LogP) is 8.74. The van der Waals surface area contributed by atoms with Crippen molar-refractivity contribution in [1.29, 1.82) is 0 Å². The molecular weight excluding hydrogens is 633 g/mol. The molecule has 0 nitrogen and oxygen atoms in total. The van der Waals surface area contributed by atoms with E-state index >= 15 is 17.6 Å². The van der Waals surface area contributed by atoms with Gasteiger partial charge < -0.3 is 0 Å². The van der Waals surface area contributed by atoms with Gasteiger partial charge in [-0.15, -0.1) is 11.8 Å². The maximum atomic E-state index is 15.5. The SMILES string of the molecule is C[Si](C)(C)/C(=C(\CCSc1ccccc1)B(c1c(F)c(F)c(F)c(F)c1F)c1c(F)c(F)c(F)c(F)c1F)c1ccccc1. The van der Waals surface area contributed by atoms with E-state index in [1.165, 1.54) is 11.8 Å². The Kier molecular flexibility index (Phi) is 10.1. The zero-order chi connectivity index (χ0) is 32.5. The molecule has 0 bridgehead atoms. The van der Waals surface area contributed by atoms with Crippen molar-refractivity contribution in [2.45, 2.75) is 31.0 Å². The summed E-state index contributed by atoms with van der Waals surface area (Å²) in [6.45, 7) is 2.68. The predicted molar refractivity (Wildman–Crippen MR) is 156 cm³/mol. The van der Waals surface area contributed by atoms with E-state index in [4.69, 9.17) is 0 Å². The van der Waals surface area contributed by atoms with E-state index in [9.17, 15) is 26.3 Å². The normalized spacial score (nSPS) is 12.4. The molecule has 0 radical (unpaired) electrons. The lowest BCUT2D eigenvalue weighted by Gasteiger charge is -2.31. The molecule has 0 amide bonds. The Balaban J connectivity index is 2.19. The van der Waals surface area contributed by atoms with Crippen molar-refractivity contribution in [1.82, 2.24) is 0 Å². The summed E-state index contributed by atoms with van der Waals surface area (Å²) in [6.07, 6.45) is -0.294. The fraction of sp³-hybridized carbons (Fsp3) is 0.161. The molecule has 0 saturated heterocycles. The summed E-state index contributed by atoms with van der Waals surface area (Å²) in [5.74, 6) is -24.6. The largest absolute Gasteiger partial charge is 0.253 e. The van der Waals surface area contributed by atoms with E-state index in [0.717, 1.165) is 0 Å². The molecule has 0 heterocycles. The first-order valence-corrected chi connectivity index (χ1v) is 17.7. The van der Waals surface area contributed by atoms with Gasteiger partial charge in [0.2, 0.25) is 0 Å². The van der Waals surface area contributed by atoms with Crippen molar-refractivity contribution in [3.63, 3.8) is 0 Å². The lowest BCUT2D eigenvalue weighted by molar-refractivity contribution is 0.382. The first kappa shape index (κ1) is 33.4. The number of hydrogen-bond acceptors (Lipinski definition) is 1. The van der Waals surface area contributed by atoms with Crippen LogP contribution in [0.4, 0.5) is 43.9 Å². The van der Waals surface area contributed by atoms with Gasteiger partial charge in [0, 0.05) is 21.6 Å². The van der Waals surface area contributed by atoms with Crippen LogP contribution in [0.2, 0.25) is 19.6 Å². The number of rotatable bonds is 9. The van der Waals surface area contributed by atoms with Crippen molar-refractivity contribution in [2.75, 3.05) is 5.75 Å². The summed E-state index contributed by atoms with van der Waals surface area (Å²) in [5, 5.41) is 0.282. The molecule has 0 aliphatic heterocycles. The van der Waals surface area contributed by atoms with E-state index in [2.05, 4.69) is 0 Å². The van der Waals surface area contributed by atoms with Gasteiger partial charge in [-0.05, 0) is 24.1 Å². The van der Waals surface area contributed by atoms with Gasteiger partial charge in [-0.1, -0.05) is 78.8 Å². The maximum absolute atomic E-state index is 15.5. The first-order valence-electron chi connectivity index (χ1n) is 13.2. The van der Waals surface area contributed by atoms with Gasteiger partial charge in [-0.3, -0.25) is 0 Å². The van der Waals surface area contributed by atoms with Crippen molar-refractivity contribution >= 4 is 42.7 Å². The van der Waals surface area contributed by atoms with Crippen molar-refractivity contribution < 1.29 is 43.9 Å². The van der Waals surface area contributed by atoms with Crippen LogP contribution in [0.3, 0.4) is 0 Å². The zero-order valence-electron chi connectivity index (χ0n) is 23.5. The fourth-order valence-electron chi connectivity index (χ4n) is 5.16. The molecule has 0 atom stereocenters. The molecular formula is C31H23BF10SSi. The van der Waals surface area contributed by atoms with E-state index in [1.54, 1.807) is 80.3 Å². The third-order valence-electron chi connectivity index (χ3n) is 6.93. The van der Waals surface area contributed by atoms with Crippen LogP contribution in [0, 0.1) is 58.2 Å². The Bertz CT molecular complexity index is 1600. The number of hydrogen-bond donors (Lipinski definition) is 0. The van der Waals surface area contributed by atoms with Crippen LogP contribution in [0.25, 0.3) is 5.20 Å². The Morgan fingerprint density at radius 3 is 1.30 bits per heavy atom. The number of thioether (sulfide) groups is 1. The second-order valence-corrected chi connectivity index (χ2v) is 17.0. The topological polar surface area (TPSA) is 0 Å². The van der Waals surface area contributed by atoms with Crippen LogP contribution in [0.5, 0.6) is 0 Å². The molecule has 0 spiro atoms. The van der Waals surface area contributed by atoms with Crippen LogP contribution >= 0.6 is 11.8 Å². The molecule has 0 saturated carbocycles. The second-order valence-electron chi connectivity index (χ2n) is 10.8. The summed E-state index contributed by atoms with van der Waals surface area (Å²) in [4.78, 5) is 0.713. The maximum Gasteiger partial charge on any atom is 0.253 e. The molecule has 0 unspecified atom stereocenters. The number of allylic oxidation sites excluding steroid dienone is 1. The minimum absolute atomic E-state index is 0.0431. The quantitative estimate of drug-likeness (QED) is 0.0571. The molecule has 230 valence electrons. The summed E-state index contributed by atoms with van der Waals surface area (Å²) in [5.41, 5.74) is -3.30. The minimum atomic E-state index is -2.84. The van der Waals surface area contributed by atoms with Gasteiger partial charge in [-0.25, -0.2) is 43.9 Å². The van der Waals surface area contributed by atoms with E-state index in [0.29, 0.717) is 10.5 Å². The van der Waals surface area contributed by atoms with Crippen molar-refractivity contribution in [2.24, 2.45) is 0 Å². The average molecular weight is 656 g/mol. The molecule has 13 heteroatoms. The van der Waals surface area contributed by atoms with Crippen LogP contribution in [-0.4, -0.2) is 20.5 Å². The lowest BCUT2D eigenvalue weighted by atomic mass is 9.35. The highest BCUT2D eigenvalue weighted by molar-refractivity contribution is 7.99. The highest BCUT2D eigenvalue weighted by Gasteiger charge is 2.43. The van der Waals surface area contributed by atoms with Crippen LogP contribution in [0.15, 0.2) is 71.0 Å². The minimum Gasteiger partial charge on any atom is -0.204 e. The standard InChI is InChI=1S/C31H23BF10SSi/c1-44(2,3)31(16-10-6-4-7-11-16)18(14-15-43-17-12-8-5-9-13-17)32(19-21(33)25(37)29(41)26(38)22(19)34)20-23(35)27(39)30(42)28(40)24(20)36/h4-13H,14-15H2,1-3H3/b31-18+. The van der Waals surface area contributed by atoms with Gasteiger partial charge in [-0.2, -0.15) is 0 Å². The van der Waals surface area contributed by atoms with Gasteiger partial charge in [0.1, 0.15) is 0 Å². The smallest absolute Gasteiger partial charge is 0.204 e. The van der Waals surface area contributed by atoms with Gasteiger partial charge in [0.25, 0.3) is 6.71 Å². The Hall–Kier alpha value is -3.45. The zero-order valence-corrected chi connectivity index (χ0v) is 25.3. The monoisotopic (exact) mass is 656 g/mol. The molecule has 0 aromatic heterocycles. The Morgan fingerprint density at radius 1 is 0.545 bits per heavy atom. The second kappa shape index (κ2) is 13.3. The van der Waals surface area contributed by atoms with Crippen LogP contribution in [-0.2, 0) is 0 Å². The van der Waals surface area contributed by atoms with Gasteiger partial charge in [0.15, 0.2) is 58.2 Å². The molecule has 0 N–H and O–H groups in total. The lowest BCUT2D eigenvalue weighted by Crippen LogP contribution is -2.53. The average Bonchev–Trinajstić information content (AvgIpc) is 3.00. The fourth-order valence-corrected chi connectivity index (χ4v) is 8.33. The van der Waals surface area contributed by atoms with Gasteiger partial charge in [0.05, 0.1) is 8.07 Å². The van der Waals surface area contributed by atoms with Crippen molar-refractivity contribution in [3.05, 3.63) is 130 Å². The van der Waals surface area contributed by atoms with E-state index in [-0.39, 0.29) is 22.8 Å². The number of halogens is 10. The number of benzene rings is 4. The third kappa shape index (κ3) is 6.35. The van der Waals surface area contributed by atoms with Crippen LogP contribution in [0.1, 0.15) is 12.0 Å². The highest BCUT2D eigenvalue weighted by atomic mass is 32.2. The summed E-state index contributed by atoms with van der Waals surface area (Å²) >= 11 is 1.20. The van der Waals surface area contributed by atoms with Crippen LogP contribution < -0.4 is 10.9 Å². The first-order chi connectivity index (χ1) is 20.7. The molecule has 4 aromatic rings. The van der Waals surface area contributed by atoms with Gasteiger partial charge >= 0.3 is 0 Å². The Morgan fingerprint density at radius 2 is 0.909 bits per heavy atom. The summed E-state index contributed by atoms with van der Waals surface area (Å²) in [7, 11) is -2.84. The third-order valence-corrected chi connectivity index (χ3v) is 10.1. The highest BCUT2D eigenvalue weighted by Crippen LogP contribution is 2.35. The van der Waals surface area contributed by atoms with E-state index in [1.807, 2.05) is 0 Å². The molecule has 0 aliphatic carbocycles. The molecule has 4 rings (SSSR count). The Labute approximate surface area is 252 Å². The summed E-state index contributed by atoms with van der Waals surface area (Å²) < 4.78 is 149. The molecule has 44 heavy (non-hydrogen) atoms. The summed E-state index contributed by atoms with van der Waals surface area (Å²) in [6, 6.07) is 16.6. The molecule has 4 aromatic carbocycles. The van der Waals surface area contributed by atoms with Crippen molar-refractivity contribution in [3.8, 4) is 0 Å². The molecule has 0 fully saturated rings. The van der Waals surface area contributed by atoms with E-state index < -0.39 is 83.9 Å². The molecule has 0 aliphatic rings.